The number of fused-ring (bicyclic) bond motifs is 1. The summed E-state index contributed by atoms with van der Waals surface area (Å²) in [5.41, 5.74) is 2.46. The van der Waals surface area contributed by atoms with Crippen molar-refractivity contribution in [2.24, 2.45) is 18.9 Å². The number of hydrogen-bond donors (Lipinski definition) is 0. The molecule has 2 atom stereocenters. The highest BCUT2D eigenvalue weighted by Crippen LogP contribution is 2.38. The third-order valence-corrected chi connectivity index (χ3v) is 6.39. The van der Waals surface area contributed by atoms with E-state index in [4.69, 9.17) is 11.6 Å². The summed E-state index contributed by atoms with van der Waals surface area (Å²) in [5, 5.41) is 5.07. The molecule has 0 spiro atoms. The number of carbonyl (C=O) groups excluding carboxylic acids is 1. The van der Waals surface area contributed by atoms with E-state index in [0.29, 0.717) is 24.7 Å². The molecule has 6 nitrogen and oxygen atoms in total. The predicted octanol–water partition coefficient (Wildman–Crippen LogP) is 4.73. The first-order chi connectivity index (χ1) is 15.8. The second-order valence-electron chi connectivity index (χ2n) is 8.62. The Labute approximate surface area is 196 Å². The second kappa shape index (κ2) is 8.95. The van der Waals surface area contributed by atoms with Crippen molar-refractivity contribution in [2.45, 2.75) is 25.0 Å². The average molecular weight is 511 g/mol. The first-order valence-corrected chi connectivity index (χ1v) is 10.8. The normalized spacial score (nSPS) is 21.4. The van der Waals surface area contributed by atoms with Gasteiger partial charge in [0.2, 0.25) is 0 Å². The van der Waals surface area contributed by atoms with Gasteiger partial charge in [0.1, 0.15) is 0 Å². The van der Waals surface area contributed by atoms with Gasteiger partial charge in [-0.15, -0.1) is 0 Å². The van der Waals surface area contributed by atoms with Crippen molar-refractivity contribution in [3.05, 3.63) is 41.0 Å². The van der Waals surface area contributed by atoms with Gasteiger partial charge in [-0.25, -0.2) is 4.79 Å². The summed E-state index contributed by atoms with van der Waals surface area (Å²) >= 11 is 6.32. The number of likely N-dealkylation sites (tertiary alicyclic amines) is 2. The predicted molar refractivity (Wildman–Crippen MR) is 110 cm³/mol. The van der Waals surface area contributed by atoms with Crippen LogP contribution in [0.2, 0.25) is 5.02 Å². The van der Waals surface area contributed by atoms with Crippen LogP contribution in [0.15, 0.2) is 30.5 Å². The fraction of sp³-hybridized carbons (Fsp3) is 0.524. The first-order valence-electron chi connectivity index (χ1n) is 10.4. The molecule has 3 heterocycles. The van der Waals surface area contributed by atoms with Crippen LogP contribution >= 0.6 is 11.6 Å². The summed E-state index contributed by atoms with van der Waals surface area (Å²) in [7, 11) is 1.79. The number of nitrogens with zero attached hydrogens (tertiary/aromatic N) is 4. The van der Waals surface area contributed by atoms with Gasteiger partial charge in [-0.3, -0.25) is 9.58 Å². The molecule has 0 bridgehead atoms. The molecule has 0 radical (unpaired) electrons. The highest BCUT2D eigenvalue weighted by molar-refractivity contribution is 6.33. The molecule has 4 rings (SSSR count). The lowest BCUT2D eigenvalue weighted by atomic mass is 10.0. The highest BCUT2D eigenvalue weighted by Gasteiger charge is 2.60. The van der Waals surface area contributed by atoms with E-state index in [1.165, 1.54) is 0 Å². The zero-order valence-corrected chi connectivity index (χ0v) is 18.7. The summed E-state index contributed by atoms with van der Waals surface area (Å²) < 4.78 is 81.7. The number of benzene rings is 1. The number of alkyl halides is 6. The Morgan fingerprint density at radius 2 is 1.68 bits per heavy atom. The molecule has 2 fully saturated rings. The Morgan fingerprint density at radius 3 is 2.24 bits per heavy atom. The lowest BCUT2D eigenvalue weighted by molar-refractivity contribution is -0.308. The highest BCUT2D eigenvalue weighted by atomic mass is 35.5. The molecule has 13 heteroatoms. The van der Waals surface area contributed by atoms with Gasteiger partial charge in [0.05, 0.1) is 10.7 Å². The number of aryl methyl sites for hydroxylation is 1. The molecule has 0 aliphatic carbocycles. The van der Waals surface area contributed by atoms with Crippen LogP contribution in [0.5, 0.6) is 0 Å². The van der Waals surface area contributed by atoms with E-state index in [0.717, 1.165) is 21.7 Å². The van der Waals surface area contributed by atoms with Crippen LogP contribution in [0.4, 0.5) is 31.1 Å². The maximum Gasteiger partial charge on any atom is 0.434 e. The minimum Gasteiger partial charge on any atom is -0.426 e. The van der Waals surface area contributed by atoms with Crippen LogP contribution < -0.4 is 0 Å². The van der Waals surface area contributed by atoms with Crippen LogP contribution in [0.1, 0.15) is 5.56 Å². The van der Waals surface area contributed by atoms with Crippen molar-refractivity contribution in [2.75, 3.05) is 26.2 Å². The van der Waals surface area contributed by atoms with Gasteiger partial charge in [0, 0.05) is 57.1 Å². The Hall–Kier alpha value is -2.47. The molecule has 2 saturated heterocycles. The van der Waals surface area contributed by atoms with Gasteiger partial charge in [0.15, 0.2) is 0 Å². The van der Waals surface area contributed by atoms with Crippen molar-refractivity contribution in [3.63, 3.8) is 0 Å². The molecule has 2 aromatic rings. The number of rotatable bonds is 4. The van der Waals surface area contributed by atoms with Gasteiger partial charge in [-0.1, -0.05) is 29.8 Å². The van der Waals surface area contributed by atoms with Crippen LogP contribution in [0, 0.1) is 11.8 Å². The number of halogens is 7. The van der Waals surface area contributed by atoms with Crippen LogP contribution in [-0.4, -0.2) is 70.3 Å². The van der Waals surface area contributed by atoms with Crippen molar-refractivity contribution in [1.82, 2.24) is 19.6 Å². The van der Waals surface area contributed by atoms with Crippen molar-refractivity contribution >= 4 is 17.7 Å². The van der Waals surface area contributed by atoms with E-state index in [9.17, 15) is 31.1 Å². The summed E-state index contributed by atoms with van der Waals surface area (Å²) in [4.78, 5) is 15.1. The van der Waals surface area contributed by atoms with E-state index < -0.39 is 24.5 Å². The van der Waals surface area contributed by atoms with Crippen molar-refractivity contribution in [1.29, 1.82) is 0 Å². The topological polar surface area (TPSA) is 50.6 Å². The van der Waals surface area contributed by atoms with Crippen molar-refractivity contribution < 1.29 is 35.9 Å². The molecule has 0 saturated carbocycles. The first kappa shape index (κ1) is 24.6. The molecule has 1 aromatic carbocycles. The fourth-order valence-electron chi connectivity index (χ4n) is 4.64. The number of ether oxygens (including phenoxy) is 1. The van der Waals surface area contributed by atoms with Gasteiger partial charge in [0.25, 0.3) is 6.10 Å². The van der Waals surface area contributed by atoms with Gasteiger partial charge in [-0.2, -0.15) is 31.4 Å². The van der Waals surface area contributed by atoms with E-state index in [-0.39, 0.29) is 24.9 Å². The average Bonchev–Trinajstić information content (AvgIpc) is 3.37. The SMILES string of the molecule is Cn1cc(CN2CC3CN(C(=O)OC(C(F)(F)F)C(F)(F)F)CC3C2)c(-c2ccccc2Cl)n1. The molecule has 2 aliphatic rings. The Balaban J connectivity index is 1.38. The Kier molecular flexibility index (Phi) is 6.49. The molecule has 0 N–H and O–H groups in total. The smallest absolute Gasteiger partial charge is 0.426 e. The second-order valence-corrected chi connectivity index (χ2v) is 9.03. The minimum atomic E-state index is -5.73. The summed E-state index contributed by atoms with van der Waals surface area (Å²) in [6, 6.07) is 7.31. The quantitative estimate of drug-likeness (QED) is 0.558. The number of hydrogen-bond acceptors (Lipinski definition) is 4. The van der Waals surface area contributed by atoms with Crippen LogP contribution in [0.3, 0.4) is 0 Å². The summed E-state index contributed by atoms with van der Waals surface area (Å²) in [6.45, 7) is 1.68. The maximum absolute atomic E-state index is 12.7. The Bertz CT molecular complexity index is 1030. The molecule has 186 valence electrons. The molecular formula is C21H21ClF6N4O2. The molecule has 2 aliphatic heterocycles. The number of aromatic nitrogens is 2. The number of carbonyl (C=O) groups is 1. The monoisotopic (exact) mass is 510 g/mol. The summed E-state index contributed by atoms with van der Waals surface area (Å²) in [5.74, 6) is -0.161. The molecule has 34 heavy (non-hydrogen) atoms. The van der Waals surface area contributed by atoms with Gasteiger partial charge >= 0.3 is 18.4 Å². The van der Waals surface area contributed by atoms with Crippen LogP contribution in [-0.2, 0) is 18.3 Å². The minimum absolute atomic E-state index is 0.0346. The summed E-state index contributed by atoms with van der Waals surface area (Å²) in [6.07, 6.45) is -15.3. The molecular weight excluding hydrogens is 490 g/mol. The van der Waals surface area contributed by atoms with Crippen molar-refractivity contribution in [3.8, 4) is 11.3 Å². The molecule has 1 amide bonds. The molecule has 2 unspecified atom stereocenters. The lowest BCUT2D eigenvalue weighted by Crippen LogP contribution is -2.48. The number of amides is 1. The maximum atomic E-state index is 12.7. The van der Waals surface area contributed by atoms with E-state index in [2.05, 4.69) is 14.7 Å². The van der Waals surface area contributed by atoms with Gasteiger partial charge < -0.3 is 9.64 Å². The zero-order chi connectivity index (χ0) is 24.8. The van der Waals surface area contributed by atoms with Crippen LogP contribution in [0.25, 0.3) is 11.3 Å². The third kappa shape index (κ3) is 5.12. The fourth-order valence-corrected chi connectivity index (χ4v) is 4.86. The zero-order valence-electron chi connectivity index (χ0n) is 17.9. The Morgan fingerprint density at radius 1 is 1.09 bits per heavy atom. The lowest BCUT2D eigenvalue weighted by Gasteiger charge is -2.26. The third-order valence-electron chi connectivity index (χ3n) is 6.06. The van der Waals surface area contributed by atoms with E-state index >= 15 is 0 Å². The standard InChI is InChI=1S/C21H21ClF6N4O2/c1-30-6-14(17(29-30)15-4-2-3-5-16(15)22)9-31-7-12-10-32(11-13(12)8-31)19(33)34-18(20(23,24)25)21(26,27)28/h2-6,12-13,18H,7-11H2,1H3. The van der Waals surface area contributed by atoms with E-state index in [1.807, 2.05) is 24.4 Å². The van der Waals surface area contributed by atoms with Gasteiger partial charge in [-0.05, 0) is 17.9 Å². The largest absolute Gasteiger partial charge is 0.434 e. The van der Waals surface area contributed by atoms with E-state index in [1.54, 1.807) is 17.8 Å². The molecule has 1 aromatic heterocycles.